The molecule has 5 nitrogen and oxygen atoms in total. The molecule has 2 aliphatic heterocycles. The molecule has 4 rings (SSSR count). The molecule has 0 aliphatic carbocycles. The zero-order valence-electron chi connectivity index (χ0n) is 14.9. The third kappa shape index (κ3) is 3.25. The lowest BCUT2D eigenvalue weighted by Gasteiger charge is -2.41. The van der Waals surface area contributed by atoms with Crippen LogP contribution in [0, 0.1) is 0 Å². The van der Waals surface area contributed by atoms with Gasteiger partial charge in [-0.2, -0.15) is 0 Å². The van der Waals surface area contributed by atoms with Crippen molar-refractivity contribution < 1.29 is 4.79 Å². The Labute approximate surface area is 153 Å². The zero-order chi connectivity index (χ0) is 17.9. The van der Waals surface area contributed by atoms with Gasteiger partial charge in [-0.3, -0.25) is 9.78 Å². The molecule has 1 aromatic heterocycles. The lowest BCUT2D eigenvalue weighted by atomic mass is 10.1. The van der Waals surface area contributed by atoms with E-state index in [-0.39, 0.29) is 5.78 Å². The highest BCUT2D eigenvalue weighted by Crippen LogP contribution is 2.27. The fourth-order valence-electron chi connectivity index (χ4n) is 3.56. The van der Waals surface area contributed by atoms with Crippen molar-refractivity contribution >= 4 is 17.4 Å². The standard InChI is InChI=1S/C21H22N4O/c1-16-14-24-12-5-13-25(15-19(26)17-6-3-2-4-7-17)21(24)23-20(16)18-8-10-22-11-9-18/h2-4,6-11H,5,12-15H2,1H3. The molecule has 1 fully saturated rings. The molecule has 0 spiro atoms. The number of guanidine groups is 1. The molecule has 0 saturated carbocycles. The monoisotopic (exact) mass is 346 g/mol. The highest BCUT2D eigenvalue weighted by Gasteiger charge is 2.29. The second-order valence-electron chi connectivity index (χ2n) is 6.76. The fourth-order valence-corrected chi connectivity index (χ4v) is 3.56. The number of pyridine rings is 1. The number of aromatic nitrogens is 1. The maximum Gasteiger partial charge on any atom is 0.202 e. The van der Waals surface area contributed by atoms with E-state index in [0.29, 0.717) is 6.54 Å². The minimum atomic E-state index is 0.131. The topological polar surface area (TPSA) is 48.8 Å². The first kappa shape index (κ1) is 16.5. The molecule has 0 bridgehead atoms. The van der Waals surface area contributed by atoms with Crippen LogP contribution in [0.4, 0.5) is 0 Å². The normalized spacial score (nSPS) is 17.0. The number of aliphatic imine (C=N–C) groups is 1. The van der Waals surface area contributed by atoms with Gasteiger partial charge in [-0.25, -0.2) is 4.99 Å². The van der Waals surface area contributed by atoms with Gasteiger partial charge in [0, 0.05) is 43.2 Å². The first-order chi connectivity index (χ1) is 12.7. The van der Waals surface area contributed by atoms with Crippen LogP contribution in [-0.4, -0.2) is 52.7 Å². The van der Waals surface area contributed by atoms with Crippen molar-refractivity contribution in [1.82, 2.24) is 14.8 Å². The molecule has 132 valence electrons. The van der Waals surface area contributed by atoms with E-state index in [1.165, 1.54) is 5.57 Å². The van der Waals surface area contributed by atoms with Crippen LogP contribution >= 0.6 is 0 Å². The Morgan fingerprint density at radius 1 is 1.08 bits per heavy atom. The summed E-state index contributed by atoms with van der Waals surface area (Å²) in [5.74, 6) is 1.05. The van der Waals surface area contributed by atoms with Gasteiger partial charge in [0.2, 0.25) is 5.96 Å². The minimum Gasteiger partial charge on any atom is -0.338 e. The lowest BCUT2D eigenvalue weighted by molar-refractivity contribution is 0.0949. The van der Waals surface area contributed by atoms with Crippen LogP contribution in [0.1, 0.15) is 29.3 Å². The van der Waals surface area contributed by atoms with Crippen LogP contribution in [0.2, 0.25) is 0 Å². The van der Waals surface area contributed by atoms with Gasteiger partial charge < -0.3 is 9.80 Å². The Bertz CT molecular complexity index is 858. The molecule has 1 saturated heterocycles. The quantitative estimate of drug-likeness (QED) is 0.799. The Morgan fingerprint density at radius 2 is 1.85 bits per heavy atom. The van der Waals surface area contributed by atoms with E-state index in [1.54, 1.807) is 12.4 Å². The van der Waals surface area contributed by atoms with E-state index in [1.807, 2.05) is 42.5 Å². The number of benzene rings is 1. The van der Waals surface area contributed by atoms with Gasteiger partial charge in [0.05, 0.1) is 12.2 Å². The van der Waals surface area contributed by atoms with E-state index in [4.69, 9.17) is 4.99 Å². The Morgan fingerprint density at radius 3 is 2.62 bits per heavy atom. The summed E-state index contributed by atoms with van der Waals surface area (Å²) in [6, 6.07) is 13.5. The van der Waals surface area contributed by atoms with Crippen molar-refractivity contribution in [1.29, 1.82) is 0 Å². The SMILES string of the molecule is CC1=C(c2ccncc2)N=C2N(CC(=O)c3ccccc3)CCCN2C1. The highest BCUT2D eigenvalue weighted by atomic mass is 16.1. The number of Topliss-reactive ketones (excluding diaryl/α,β-unsaturated/α-hetero) is 1. The number of rotatable bonds is 4. The van der Waals surface area contributed by atoms with E-state index in [0.717, 1.165) is 48.8 Å². The molecular weight excluding hydrogens is 324 g/mol. The maximum absolute atomic E-state index is 12.7. The van der Waals surface area contributed by atoms with Gasteiger partial charge in [0.15, 0.2) is 5.78 Å². The highest BCUT2D eigenvalue weighted by molar-refractivity contribution is 6.00. The zero-order valence-corrected chi connectivity index (χ0v) is 14.9. The Balaban J connectivity index is 1.62. The first-order valence-electron chi connectivity index (χ1n) is 8.99. The van der Waals surface area contributed by atoms with Gasteiger partial charge >= 0.3 is 0 Å². The number of carbonyl (C=O) groups excluding carboxylic acids is 1. The third-order valence-electron chi connectivity index (χ3n) is 4.85. The smallest absolute Gasteiger partial charge is 0.202 e. The molecule has 5 heteroatoms. The van der Waals surface area contributed by atoms with Gasteiger partial charge in [-0.15, -0.1) is 0 Å². The van der Waals surface area contributed by atoms with Crippen LogP contribution in [-0.2, 0) is 0 Å². The predicted octanol–water partition coefficient (Wildman–Crippen LogP) is 3.07. The number of hydrogen-bond acceptors (Lipinski definition) is 5. The summed E-state index contributed by atoms with van der Waals surface area (Å²) in [5.41, 5.74) is 4.07. The first-order valence-corrected chi connectivity index (χ1v) is 8.99. The lowest BCUT2D eigenvalue weighted by Crippen LogP contribution is -2.53. The van der Waals surface area contributed by atoms with Gasteiger partial charge in [0.25, 0.3) is 0 Å². The summed E-state index contributed by atoms with van der Waals surface area (Å²) < 4.78 is 0. The van der Waals surface area contributed by atoms with Crippen LogP contribution in [0.15, 0.2) is 65.4 Å². The van der Waals surface area contributed by atoms with E-state index >= 15 is 0 Å². The molecule has 0 unspecified atom stereocenters. The maximum atomic E-state index is 12.7. The minimum absolute atomic E-state index is 0.131. The van der Waals surface area contributed by atoms with Crippen LogP contribution in [0.5, 0.6) is 0 Å². The average Bonchev–Trinajstić information content (AvgIpc) is 2.69. The number of hydrogen-bond donors (Lipinski definition) is 0. The molecule has 26 heavy (non-hydrogen) atoms. The van der Waals surface area contributed by atoms with Crippen molar-refractivity contribution in [3.05, 3.63) is 71.6 Å². The molecule has 2 aliphatic rings. The molecule has 2 aromatic rings. The summed E-state index contributed by atoms with van der Waals surface area (Å²) >= 11 is 0. The second-order valence-corrected chi connectivity index (χ2v) is 6.76. The number of ketones is 1. The van der Waals surface area contributed by atoms with E-state index in [9.17, 15) is 4.79 Å². The second kappa shape index (κ2) is 7.12. The molecule has 1 aromatic carbocycles. The number of carbonyl (C=O) groups is 1. The average molecular weight is 346 g/mol. The molecule has 0 N–H and O–H groups in total. The van der Waals surface area contributed by atoms with Crippen molar-refractivity contribution in [2.75, 3.05) is 26.2 Å². The summed E-state index contributed by atoms with van der Waals surface area (Å²) in [5, 5.41) is 0. The van der Waals surface area contributed by atoms with Crippen molar-refractivity contribution in [3.8, 4) is 0 Å². The van der Waals surface area contributed by atoms with Gasteiger partial charge in [-0.1, -0.05) is 30.3 Å². The van der Waals surface area contributed by atoms with E-state index < -0.39 is 0 Å². The van der Waals surface area contributed by atoms with Crippen LogP contribution in [0.25, 0.3) is 5.70 Å². The summed E-state index contributed by atoms with van der Waals surface area (Å²) in [4.78, 5) is 26.1. The van der Waals surface area contributed by atoms with Crippen LogP contribution < -0.4 is 0 Å². The summed E-state index contributed by atoms with van der Waals surface area (Å²) in [6.45, 7) is 5.19. The van der Waals surface area contributed by atoms with Crippen molar-refractivity contribution in [3.63, 3.8) is 0 Å². The van der Waals surface area contributed by atoms with E-state index in [2.05, 4.69) is 21.7 Å². The largest absolute Gasteiger partial charge is 0.338 e. The Kier molecular flexibility index (Phi) is 4.52. The van der Waals surface area contributed by atoms with Crippen LogP contribution in [0.3, 0.4) is 0 Å². The fraction of sp³-hybridized carbons (Fsp3) is 0.286. The van der Waals surface area contributed by atoms with Crippen molar-refractivity contribution in [2.45, 2.75) is 13.3 Å². The van der Waals surface area contributed by atoms with Gasteiger partial charge in [0.1, 0.15) is 0 Å². The molecule has 3 heterocycles. The molecular formula is C21H22N4O. The molecule has 0 radical (unpaired) electrons. The third-order valence-corrected chi connectivity index (χ3v) is 4.85. The predicted molar refractivity (Wildman–Crippen MR) is 103 cm³/mol. The summed E-state index contributed by atoms with van der Waals surface area (Å²) in [6.07, 6.45) is 4.62. The number of fused-ring (bicyclic) bond motifs is 1. The molecule has 0 atom stereocenters. The number of nitrogens with zero attached hydrogens (tertiary/aromatic N) is 4. The van der Waals surface area contributed by atoms with Gasteiger partial charge in [-0.05, 0) is 31.1 Å². The molecule has 0 amide bonds. The summed E-state index contributed by atoms with van der Waals surface area (Å²) in [7, 11) is 0. The Hall–Kier alpha value is -2.95. The van der Waals surface area contributed by atoms with Crippen molar-refractivity contribution in [2.24, 2.45) is 4.99 Å².